The van der Waals surface area contributed by atoms with Gasteiger partial charge in [0.15, 0.2) is 0 Å². The Labute approximate surface area is 131 Å². The standard InChI is InChI=1S/C13H7Br2Cl2F/c14-7-4-5-10(15)9(6-7)12(16)8-2-1-3-11(18)13(8)17/h1-6,12H. The molecule has 0 N–H and O–H groups in total. The largest absolute Gasteiger partial charge is 0.205 e. The smallest absolute Gasteiger partial charge is 0.142 e. The summed E-state index contributed by atoms with van der Waals surface area (Å²) in [6.45, 7) is 0. The van der Waals surface area contributed by atoms with E-state index in [1.807, 2.05) is 18.2 Å². The van der Waals surface area contributed by atoms with Crippen molar-refractivity contribution in [2.75, 3.05) is 0 Å². The highest BCUT2D eigenvalue weighted by molar-refractivity contribution is 9.11. The summed E-state index contributed by atoms with van der Waals surface area (Å²) in [4.78, 5) is 0. The van der Waals surface area contributed by atoms with E-state index < -0.39 is 11.2 Å². The second-order valence-electron chi connectivity index (χ2n) is 3.67. The van der Waals surface area contributed by atoms with Gasteiger partial charge >= 0.3 is 0 Å². The summed E-state index contributed by atoms with van der Waals surface area (Å²) in [5, 5.41) is -0.454. The van der Waals surface area contributed by atoms with E-state index >= 15 is 0 Å². The fraction of sp³-hybridized carbons (Fsp3) is 0.0769. The molecule has 1 unspecified atom stereocenters. The van der Waals surface area contributed by atoms with Crippen LogP contribution in [0.15, 0.2) is 45.3 Å². The molecule has 0 aromatic heterocycles. The predicted octanol–water partition coefficient (Wildman–Crippen LogP) is 6.33. The van der Waals surface area contributed by atoms with Crippen LogP contribution >= 0.6 is 55.1 Å². The molecule has 0 aliphatic heterocycles. The molecule has 2 rings (SSSR count). The Balaban J connectivity index is 2.51. The highest BCUT2D eigenvalue weighted by Crippen LogP contribution is 2.38. The van der Waals surface area contributed by atoms with Crippen molar-refractivity contribution in [1.82, 2.24) is 0 Å². The van der Waals surface area contributed by atoms with Crippen LogP contribution in [0.25, 0.3) is 0 Å². The van der Waals surface area contributed by atoms with Gasteiger partial charge in [-0.1, -0.05) is 55.6 Å². The first-order valence-corrected chi connectivity index (χ1v) is 7.43. The summed E-state index contributed by atoms with van der Waals surface area (Å²) in [7, 11) is 0. The van der Waals surface area contributed by atoms with Crippen LogP contribution < -0.4 is 0 Å². The van der Waals surface area contributed by atoms with Gasteiger partial charge in [-0.3, -0.25) is 0 Å². The quantitative estimate of drug-likeness (QED) is 0.505. The molecule has 2 aromatic carbocycles. The minimum absolute atomic E-state index is 0.0596. The summed E-state index contributed by atoms with van der Waals surface area (Å²) in [5.74, 6) is -0.467. The first kappa shape index (κ1) is 14.3. The van der Waals surface area contributed by atoms with Crippen molar-refractivity contribution in [2.45, 2.75) is 5.38 Å². The number of benzene rings is 2. The molecule has 0 spiro atoms. The summed E-state index contributed by atoms with van der Waals surface area (Å²) in [6, 6.07) is 10.3. The van der Waals surface area contributed by atoms with E-state index in [9.17, 15) is 4.39 Å². The van der Waals surface area contributed by atoms with Gasteiger partial charge in [0.25, 0.3) is 0 Å². The van der Waals surface area contributed by atoms with Crippen molar-refractivity contribution < 1.29 is 4.39 Å². The average molecular weight is 413 g/mol. The molecule has 5 heteroatoms. The third kappa shape index (κ3) is 2.90. The van der Waals surface area contributed by atoms with Gasteiger partial charge in [0, 0.05) is 8.95 Å². The molecule has 18 heavy (non-hydrogen) atoms. The Bertz CT molecular complexity index is 585. The van der Waals surface area contributed by atoms with Crippen molar-refractivity contribution >= 4 is 55.1 Å². The van der Waals surface area contributed by atoms with Gasteiger partial charge in [-0.2, -0.15) is 0 Å². The molecule has 0 nitrogen and oxygen atoms in total. The van der Waals surface area contributed by atoms with E-state index in [0.29, 0.717) is 5.56 Å². The lowest BCUT2D eigenvalue weighted by molar-refractivity contribution is 0.626. The molecule has 0 heterocycles. The van der Waals surface area contributed by atoms with Gasteiger partial charge in [0.2, 0.25) is 0 Å². The van der Waals surface area contributed by atoms with E-state index in [1.165, 1.54) is 6.07 Å². The molecular formula is C13H7Br2Cl2F. The first-order valence-electron chi connectivity index (χ1n) is 5.03. The number of hydrogen-bond donors (Lipinski definition) is 0. The molecular weight excluding hydrogens is 406 g/mol. The summed E-state index contributed by atoms with van der Waals surface area (Å²) >= 11 is 19.1. The SMILES string of the molecule is Fc1cccc(C(Cl)c2cc(Br)ccc2Br)c1Cl. The third-order valence-electron chi connectivity index (χ3n) is 2.49. The van der Waals surface area contributed by atoms with E-state index in [-0.39, 0.29) is 5.02 Å². The van der Waals surface area contributed by atoms with Crippen LogP contribution in [0.4, 0.5) is 4.39 Å². The Morgan fingerprint density at radius 2 is 1.78 bits per heavy atom. The second kappa shape index (κ2) is 5.91. The fourth-order valence-electron chi connectivity index (χ4n) is 1.59. The first-order chi connectivity index (χ1) is 8.50. The maximum absolute atomic E-state index is 13.4. The third-order valence-corrected chi connectivity index (χ3v) is 4.57. The molecule has 0 saturated carbocycles. The molecule has 94 valence electrons. The molecule has 0 radical (unpaired) electrons. The van der Waals surface area contributed by atoms with Gasteiger partial charge < -0.3 is 0 Å². The fourth-order valence-corrected chi connectivity index (χ4v) is 3.23. The average Bonchev–Trinajstić information content (AvgIpc) is 2.35. The number of hydrogen-bond acceptors (Lipinski definition) is 0. The van der Waals surface area contributed by atoms with Crippen molar-refractivity contribution in [3.05, 3.63) is 67.3 Å². The number of halogens is 5. The van der Waals surface area contributed by atoms with Gasteiger partial charge in [-0.05, 0) is 35.4 Å². The monoisotopic (exact) mass is 410 g/mol. The number of rotatable bonds is 2. The van der Waals surface area contributed by atoms with Crippen LogP contribution in [0, 0.1) is 5.82 Å². The molecule has 0 aliphatic rings. The molecule has 0 bridgehead atoms. The Kier molecular flexibility index (Phi) is 4.70. The minimum atomic E-state index is -0.514. The molecule has 0 fully saturated rings. The minimum Gasteiger partial charge on any atom is -0.205 e. The number of alkyl halides is 1. The maximum atomic E-state index is 13.4. The Morgan fingerprint density at radius 3 is 2.50 bits per heavy atom. The van der Waals surface area contributed by atoms with Crippen LogP contribution in [0.2, 0.25) is 5.02 Å². The predicted molar refractivity (Wildman–Crippen MR) is 80.9 cm³/mol. The zero-order valence-electron chi connectivity index (χ0n) is 8.93. The van der Waals surface area contributed by atoms with Crippen molar-refractivity contribution in [1.29, 1.82) is 0 Å². The summed E-state index contributed by atoms with van der Waals surface area (Å²) in [5.41, 5.74) is 1.38. The Hall–Kier alpha value is -0.0900. The van der Waals surface area contributed by atoms with Crippen LogP contribution in [-0.4, -0.2) is 0 Å². The van der Waals surface area contributed by atoms with Crippen LogP contribution in [-0.2, 0) is 0 Å². The van der Waals surface area contributed by atoms with Gasteiger partial charge in [0.05, 0.1) is 10.4 Å². The highest BCUT2D eigenvalue weighted by atomic mass is 79.9. The molecule has 0 amide bonds. The highest BCUT2D eigenvalue weighted by Gasteiger charge is 2.18. The molecule has 0 aliphatic carbocycles. The van der Waals surface area contributed by atoms with E-state index in [4.69, 9.17) is 23.2 Å². The molecule has 2 aromatic rings. The van der Waals surface area contributed by atoms with Crippen molar-refractivity contribution in [2.24, 2.45) is 0 Å². The van der Waals surface area contributed by atoms with Gasteiger partial charge in [-0.15, -0.1) is 11.6 Å². The maximum Gasteiger partial charge on any atom is 0.142 e. The lowest BCUT2D eigenvalue weighted by Gasteiger charge is -2.14. The topological polar surface area (TPSA) is 0 Å². The second-order valence-corrected chi connectivity index (χ2v) is 6.26. The normalized spacial score (nSPS) is 12.5. The summed E-state index contributed by atoms with van der Waals surface area (Å²) in [6.07, 6.45) is 0. The van der Waals surface area contributed by atoms with E-state index in [2.05, 4.69) is 31.9 Å². The van der Waals surface area contributed by atoms with Crippen LogP contribution in [0.3, 0.4) is 0 Å². The van der Waals surface area contributed by atoms with Gasteiger partial charge in [-0.25, -0.2) is 4.39 Å². The zero-order valence-corrected chi connectivity index (χ0v) is 13.6. The van der Waals surface area contributed by atoms with E-state index in [1.54, 1.807) is 12.1 Å². The lowest BCUT2D eigenvalue weighted by Crippen LogP contribution is -1.97. The van der Waals surface area contributed by atoms with Crippen LogP contribution in [0.1, 0.15) is 16.5 Å². The molecule has 0 saturated heterocycles. The zero-order chi connectivity index (χ0) is 13.3. The summed E-state index contributed by atoms with van der Waals surface area (Å²) < 4.78 is 15.2. The van der Waals surface area contributed by atoms with Gasteiger partial charge in [0.1, 0.15) is 5.82 Å². The lowest BCUT2D eigenvalue weighted by atomic mass is 10.0. The molecule has 1 atom stereocenters. The Morgan fingerprint density at radius 1 is 1.06 bits per heavy atom. The van der Waals surface area contributed by atoms with Crippen molar-refractivity contribution in [3.63, 3.8) is 0 Å². The van der Waals surface area contributed by atoms with Crippen LogP contribution in [0.5, 0.6) is 0 Å². The van der Waals surface area contributed by atoms with Crippen molar-refractivity contribution in [3.8, 4) is 0 Å². The van der Waals surface area contributed by atoms with E-state index in [0.717, 1.165) is 14.5 Å².